The molecular formula is C21H22N2O5S. The van der Waals surface area contributed by atoms with E-state index < -0.39 is 15.9 Å². The topological polar surface area (TPSA) is 97.6 Å². The van der Waals surface area contributed by atoms with E-state index in [9.17, 15) is 13.2 Å². The molecule has 1 aromatic heterocycles. The zero-order chi connectivity index (χ0) is 21.0. The highest BCUT2D eigenvalue weighted by Crippen LogP contribution is 2.21. The highest BCUT2D eigenvalue weighted by molar-refractivity contribution is 7.89. The van der Waals surface area contributed by atoms with Gasteiger partial charge in [0.1, 0.15) is 18.1 Å². The molecule has 0 atom stereocenters. The fourth-order valence-electron chi connectivity index (χ4n) is 2.62. The summed E-state index contributed by atoms with van der Waals surface area (Å²) in [5, 5.41) is 2.67. The van der Waals surface area contributed by atoms with Gasteiger partial charge in [0.15, 0.2) is 5.76 Å². The summed E-state index contributed by atoms with van der Waals surface area (Å²) in [6.07, 6.45) is 0. The number of sulfonamides is 1. The van der Waals surface area contributed by atoms with Crippen molar-refractivity contribution < 1.29 is 22.4 Å². The van der Waals surface area contributed by atoms with Crippen molar-refractivity contribution in [2.75, 3.05) is 12.4 Å². The summed E-state index contributed by atoms with van der Waals surface area (Å²) in [7, 11) is -2.19. The molecule has 0 radical (unpaired) electrons. The first-order valence-electron chi connectivity index (χ1n) is 8.92. The number of rotatable bonds is 7. The van der Waals surface area contributed by atoms with Crippen LogP contribution in [0, 0.1) is 13.8 Å². The van der Waals surface area contributed by atoms with Gasteiger partial charge in [-0.2, -0.15) is 0 Å². The van der Waals surface area contributed by atoms with Gasteiger partial charge in [0.05, 0.1) is 4.90 Å². The number of nitrogens with one attached hydrogen (secondary N) is 2. The van der Waals surface area contributed by atoms with E-state index in [2.05, 4.69) is 10.0 Å². The van der Waals surface area contributed by atoms with Gasteiger partial charge in [-0.05, 0) is 74.5 Å². The smallest absolute Gasteiger partial charge is 0.291 e. The van der Waals surface area contributed by atoms with Crippen LogP contribution in [0.3, 0.4) is 0 Å². The number of anilines is 1. The average Bonchev–Trinajstić information content (AvgIpc) is 3.18. The van der Waals surface area contributed by atoms with Crippen molar-refractivity contribution in [1.29, 1.82) is 0 Å². The van der Waals surface area contributed by atoms with E-state index >= 15 is 0 Å². The van der Waals surface area contributed by atoms with Crippen LogP contribution in [-0.4, -0.2) is 21.4 Å². The number of hydrogen-bond acceptors (Lipinski definition) is 5. The normalized spacial score (nSPS) is 11.3. The van der Waals surface area contributed by atoms with Gasteiger partial charge in [-0.15, -0.1) is 0 Å². The van der Waals surface area contributed by atoms with Crippen molar-refractivity contribution in [2.24, 2.45) is 0 Å². The lowest BCUT2D eigenvalue weighted by Gasteiger charge is -2.08. The van der Waals surface area contributed by atoms with Crippen molar-refractivity contribution in [3.8, 4) is 5.75 Å². The van der Waals surface area contributed by atoms with Crippen molar-refractivity contribution in [1.82, 2.24) is 4.72 Å². The summed E-state index contributed by atoms with van der Waals surface area (Å²) < 4.78 is 37.1. The van der Waals surface area contributed by atoms with Gasteiger partial charge in [-0.3, -0.25) is 4.79 Å². The summed E-state index contributed by atoms with van der Waals surface area (Å²) in [5.41, 5.74) is 2.57. The third-order valence-corrected chi connectivity index (χ3v) is 5.72. The minimum Gasteiger partial charge on any atom is -0.485 e. The van der Waals surface area contributed by atoms with Gasteiger partial charge in [0.25, 0.3) is 5.91 Å². The summed E-state index contributed by atoms with van der Waals surface area (Å²) in [6.45, 7) is 4.15. The minimum absolute atomic E-state index is 0.113. The molecule has 8 heteroatoms. The van der Waals surface area contributed by atoms with E-state index in [-0.39, 0.29) is 17.3 Å². The number of carbonyl (C=O) groups excluding carboxylic acids is 1. The van der Waals surface area contributed by atoms with E-state index in [0.29, 0.717) is 11.4 Å². The second kappa shape index (κ2) is 8.50. The Morgan fingerprint density at radius 2 is 1.76 bits per heavy atom. The molecule has 0 fully saturated rings. The molecular weight excluding hydrogens is 392 g/mol. The number of hydrogen-bond donors (Lipinski definition) is 2. The van der Waals surface area contributed by atoms with E-state index in [1.54, 1.807) is 12.1 Å². The summed E-state index contributed by atoms with van der Waals surface area (Å²) in [4.78, 5) is 12.5. The SMILES string of the molecule is CNS(=O)(=O)c1ccc(NC(=O)c2ccc(COc3cc(C)ccc3C)o2)cc1. The molecule has 7 nitrogen and oxygen atoms in total. The number of furan rings is 1. The second-order valence-corrected chi connectivity index (χ2v) is 8.40. The lowest BCUT2D eigenvalue weighted by Crippen LogP contribution is -2.18. The summed E-state index contributed by atoms with van der Waals surface area (Å²) >= 11 is 0. The third-order valence-electron chi connectivity index (χ3n) is 4.29. The predicted molar refractivity (Wildman–Crippen MR) is 110 cm³/mol. The van der Waals surface area contributed by atoms with Crippen molar-refractivity contribution >= 4 is 21.6 Å². The van der Waals surface area contributed by atoms with Crippen LogP contribution in [0.4, 0.5) is 5.69 Å². The molecule has 152 valence electrons. The first-order chi connectivity index (χ1) is 13.8. The van der Waals surface area contributed by atoms with Crippen LogP contribution >= 0.6 is 0 Å². The molecule has 3 aromatic rings. The van der Waals surface area contributed by atoms with E-state index in [0.717, 1.165) is 16.9 Å². The minimum atomic E-state index is -3.52. The maximum atomic E-state index is 12.4. The molecule has 0 unspecified atom stereocenters. The molecule has 0 aliphatic rings. The lowest BCUT2D eigenvalue weighted by molar-refractivity contribution is 0.0992. The number of aryl methyl sites for hydroxylation is 2. The molecule has 0 aliphatic heterocycles. The largest absolute Gasteiger partial charge is 0.485 e. The first-order valence-corrected chi connectivity index (χ1v) is 10.4. The van der Waals surface area contributed by atoms with Gasteiger partial charge >= 0.3 is 0 Å². The van der Waals surface area contributed by atoms with Gasteiger partial charge in [0, 0.05) is 5.69 Å². The molecule has 1 heterocycles. The van der Waals surface area contributed by atoms with Gasteiger partial charge in [-0.1, -0.05) is 12.1 Å². The molecule has 2 N–H and O–H groups in total. The number of benzene rings is 2. The van der Waals surface area contributed by atoms with Gasteiger partial charge in [0.2, 0.25) is 10.0 Å². The molecule has 0 saturated heterocycles. The molecule has 0 saturated carbocycles. The summed E-state index contributed by atoms with van der Waals surface area (Å²) in [5.74, 6) is 0.985. The van der Waals surface area contributed by atoms with Crippen LogP contribution in [0.2, 0.25) is 0 Å². The quantitative estimate of drug-likeness (QED) is 0.615. The van der Waals surface area contributed by atoms with E-state index in [4.69, 9.17) is 9.15 Å². The molecule has 0 aliphatic carbocycles. The Morgan fingerprint density at radius 1 is 1.03 bits per heavy atom. The average molecular weight is 414 g/mol. The molecule has 0 bridgehead atoms. The van der Waals surface area contributed by atoms with Crippen LogP contribution in [-0.2, 0) is 16.6 Å². The molecule has 29 heavy (non-hydrogen) atoms. The van der Waals surface area contributed by atoms with Gasteiger partial charge in [-0.25, -0.2) is 13.1 Å². The molecule has 2 aromatic carbocycles. The fraction of sp³-hybridized carbons (Fsp3) is 0.190. The molecule has 3 rings (SSSR count). The first kappa shape index (κ1) is 20.6. The highest BCUT2D eigenvalue weighted by atomic mass is 32.2. The van der Waals surface area contributed by atoms with E-state index in [1.165, 1.54) is 31.3 Å². The number of amides is 1. The zero-order valence-electron chi connectivity index (χ0n) is 16.4. The van der Waals surface area contributed by atoms with Crippen molar-refractivity contribution in [3.63, 3.8) is 0 Å². The van der Waals surface area contributed by atoms with Gasteiger partial charge < -0.3 is 14.5 Å². The van der Waals surface area contributed by atoms with Crippen molar-refractivity contribution in [3.05, 3.63) is 77.2 Å². The molecule has 1 amide bonds. The Hall–Kier alpha value is -3.10. The van der Waals surface area contributed by atoms with Crippen LogP contribution in [0.25, 0.3) is 0 Å². The van der Waals surface area contributed by atoms with Crippen LogP contribution in [0.5, 0.6) is 5.75 Å². The Balaban J connectivity index is 1.62. The second-order valence-electron chi connectivity index (χ2n) is 6.51. The van der Waals surface area contributed by atoms with Crippen LogP contribution < -0.4 is 14.8 Å². The fourth-order valence-corrected chi connectivity index (χ4v) is 3.35. The lowest BCUT2D eigenvalue weighted by atomic mass is 10.1. The summed E-state index contributed by atoms with van der Waals surface area (Å²) in [6, 6.07) is 15.0. The van der Waals surface area contributed by atoms with Crippen LogP contribution in [0.1, 0.15) is 27.4 Å². The molecule has 0 spiro atoms. The maximum Gasteiger partial charge on any atom is 0.291 e. The predicted octanol–water partition coefficient (Wildman–Crippen LogP) is 3.64. The Labute approximate surface area is 169 Å². The maximum absolute atomic E-state index is 12.4. The Bertz CT molecular complexity index is 1120. The van der Waals surface area contributed by atoms with Crippen molar-refractivity contribution in [2.45, 2.75) is 25.3 Å². The zero-order valence-corrected chi connectivity index (χ0v) is 17.2. The Morgan fingerprint density at radius 3 is 2.45 bits per heavy atom. The number of ether oxygens (including phenoxy) is 1. The van der Waals surface area contributed by atoms with Crippen LogP contribution in [0.15, 0.2) is 63.9 Å². The third kappa shape index (κ3) is 5.04. The Kier molecular flexibility index (Phi) is 6.05. The van der Waals surface area contributed by atoms with E-state index in [1.807, 2.05) is 32.0 Å². The highest BCUT2D eigenvalue weighted by Gasteiger charge is 2.14. The number of carbonyl (C=O) groups is 1. The standard InChI is InChI=1S/C21H22N2O5S/c1-14-4-5-15(2)20(12-14)27-13-17-8-11-19(28-17)21(24)23-16-6-9-18(10-7-16)29(25,26)22-3/h4-12,22H,13H2,1-3H3,(H,23,24). The monoisotopic (exact) mass is 414 g/mol.